The Hall–Kier alpha value is -3.38. The first-order valence-corrected chi connectivity index (χ1v) is 11.5. The third kappa shape index (κ3) is 4.64. The molecule has 34 heavy (non-hydrogen) atoms. The standard InChI is InChI=1S/C28H32N2O4/c1-28(2,3)22-12-10-19(11-13-22)27-23-17-26(34-5)25(33-4)16-20(23)14-15-29(27)18-21-8-6-7-9-24(21)30(31)32/h6-13,16-17,27H,14-15,18H2,1-5H3. The zero-order valence-corrected chi connectivity index (χ0v) is 20.5. The number of para-hydroxylation sites is 1. The van der Waals surface area contributed by atoms with Gasteiger partial charge in [-0.15, -0.1) is 0 Å². The largest absolute Gasteiger partial charge is 0.493 e. The van der Waals surface area contributed by atoms with Crippen molar-refractivity contribution >= 4 is 5.69 Å². The van der Waals surface area contributed by atoms with E-state index in [1.165, 1.54) is 11.1 Å². The summed E-state index contributed by atoms with van der Waals surface area (Å²) in [5.41, 5.74) is 5.70. The molecule has 0 amide bonds. The molecule has 0 bridgehead atoms. The summed E-state index contributed by atoms with van der Waals surface area (Å²) in [5.74, 6) is 1.40. The third-order valence-electron chi connectivity index (χ3n) is 6.63. The Labute approximate surface area is 201 Å². The molecule has 1 unspecified atom stereocenters. The lowest BCUT2D eigenvalue weighted by Crippen LogP contribution is -2.36. The van der Waals surface area contributed by atoms with E-state index in [0.717, 1.165) is 29.8 Å². The fourth-order valence-corrected chi connectivity index (χ4v) is 4.77. The molecule has 4 rings (SSSR count). The van der Waals surface area contributed by atoms with E-state index in [1.807, 2.05) is 12.1 Å². The van der Waals surface area contributed by atoms with E-state index in [-0.39, 0.29) is 22.1 Å². The second kappa shape index (κ2) is 9.47. The quantitative estimate of drug-likeness (QED) is 0.331. The Balaban J connectivity index is 1.81. The number of fused-ring (bicyclic) bond motifs is 1. The van der Waals surface area contributed by atoms with Gasteiger partial charge in [0.15, 0.2) is 11.5 Å². The van der Waals surface area contributed by atoms with Crippen LogP contribution in [0.3, 0.4) is 0 Å². The van der Waals surface area contributed by atoms with E-state index in [9.17, 15) is 10.1 Å². The molecule has 0 saturated heterocycles. The second-order valence-electron chi connectivity index (χ2n) is 9.79. The molecule has 178 valence electrons. The van der Waals surface area contributed by atoms with Crippen LogP contribution in [-0.2, 0) is 18.4 Å². The lowest BCUT2D eigenvalue weighted by atomic mass is 9.83. The van der Waals surface area contributed by atoms with E-state index in [2.05, 4.69) is 62.1 Å². The molecule has 6 nitrogen and oxygen atoms in total. The number of nitro groups is 1. The molecule has 3 aromatic rings. The first kappa shape index (κ1) is 23.8. The molecule has 1 aliphatic heterocycles. The highest BCUT2D eigenvalue weighted by atomic mass is 16.6. The molecule has 6 heteroatoms. The smallest absolute Gasteiger partial charge is 0.273 e. The zero-order chi connectivity index (χ0) is 24.5. The van der Waals surface area contributed by atoms with Crippen molar-refractivity contribution in [2.45, 2.75) is 45.2 Å². The zero-order valence-electron chi connectivity index (χ0n) is 20.5. The van der Waals surface area contributed by atoms with Crippen molar-refractivity contribution in [3.63, 3.8) is 0 Å². The topological polar surface area (TPSA) is 64.8 Å². The number of benzene rings is 3. The van der Waals surface area contributed by atoms with Gasteiger partial charge >= 0.3 is 0 Å². The number of ether oxygens (including phenoxy) is 2. The van der Waals surface area contributed by atoms with Crippen LogP contribution in [0.1, 0.15) is 54.6 Å². The van der Waals surface area contributed by atoms with E-state index >= 15 is 0 Å². The predicted octanol–water partition coefficient (Wildman–Crippen LogP) is 6.06. The Morgan fingerprint density at radius 2 is 1.65 bits per heavy atom. The monoisotopic (exact) mass is 460 g/mol. The molecule has 0 aromatic heterocycles. The summed E-state index contributed by atoms with van der Waals surface area (Å²) in [6.07, 6.45) is 0.826. The molecular formula is C28H32N2O4. The number of hydrogen-bond donors (Lipinski definition) is 0. The molecule has 1 aliphatic rings. The van der Waals surface area contributed by atoms with Gasteiger partial charge in [0, 0.05) is 24.7 Å². The van der Waals surface area contributed by atoms with Crippen LogP contribution in [-0.4, -0.2) is 30.6 Å². The van der Waals surface area contributed by atoms with Crippen molar-refractivity contribution in [2.75, 3.05) is 20.8 Å². The molecule has 0 saturated carbocycles. The molecule has 1 heterocycles. The first-order valence-electron chi connectivity index (χ1n) is 11.5. The average molecular weight is 461 g/mol. The normalized spacial score (nSPS) is 16.1. The van der Waals surface area contributed by atoms with Crippen LogP contribution in [0.5, 0.6) is 11.5 Å². The lowest BCUT2D eigenvalue weighted by Gasteiger charge is -2.38. The number of nitrogens with zero attached hydrogens (tertiary/aromatic N) is 2. The van der Waals surface area contributed by atoms with E-state index in [1.54, 1.807) is 26.4 Å². The fraction of sp³-hybridized carbons (Fsp3) is 0.357. The van der Waals surface area contributed by atoms with Crippen LogP contribution in [0.4, 0.5) is 5.69 Å². The molecule has 0 N–H and O–H groups in total. The summed E-state index contributed by atoms with van der Waals surface area (Å²) < 4.78 is 11.2. The molecular weight excluding hydrogens is 428 g/mol. The van der Waals surface area contributed by atoms with Crippen molar-refractivity contribution in [3.05, 3.63) is 98.6 Å². The van der Waals surface area contributed by atoms with E-state index < -0.39 is 0 Å². The molecule has 1 atom stereocenters. The molecule has 0 aliphatic carbocycles. The minimum atomic E-state index is -0.297. The van der Waals surface area contributed by atoms with Crippen LogP contribution in [0, 0.1) is 10.1 Å². The second-order valence-corrected chi connectivity index (χ2v) is 9.79. The van der Waals surface area contributed by atoms with Gasteiger partial charge in [-0.25, -0.2) is 0 Å². The van der Waals surface area contributed by atoms with Crippen molar-refractivity contribution in [3.8, 4) is 11.5 Å². The van der Waals surface area contributed by atoms with E-state index in [4.69, 9.17) is 9.47 Å². The Morgan fingerprint density at radius 1 is 1.00 bits per heavy atom. The fourth-order valence-electron chi connectivity index (χ4n) is 4.77. The van der Waals surface area contributed by atoms with Crippen molar-refractivity contribution in [2.24, 2.45) is 0 Å². The number of hydrogen-bond acceptors (Lipinski definition) is 5. The minimum Gasteiger partial charge on any atom is -0.493 e. The van der Waals surface area contributed by atoms with Gasteiger partial charge in [-0.1, -0.05) is 63.2 Å². The maximum atomic E-state index is 11.7. The van der Waals surface area contributed by atoms with Crippen LogP contribution < -0.4 is 9.47 Å². The molecule has 3 aromatic carbocycles. The van der Waals surface area contributed by atoms with Gasteiger partial charge in [-0.05, 0) is 46.2 Å². The summed E-state index contributed by atoms with van der Waals surface area (Å²) in [6.45, 7) is 7.87. The van der Waals surface area contributed by atoms with Crippen LogP contribution in [0.2, 0.25) is 0 Å². The summed E-state index contributed by atoms with van der Waals surface area (Å²) >= 11 is 0. The Bertz CT molecular complexity index is 1180. The Kier molecular flexibility index (Phi) is 6.62. The number of methoxy groups -OCH3 is 2. The molecule has 0 fully saturated rings. The highest BCUT2D eigenvalue weighted by Gasteiger charge is 2.32. The van der Waals surface area contributed by atoms with Crippen molar-refractivity contribution in [1.29, 1.82) is 0 Å². The highest BCUT2D eigenvalue weighted by Crippen LogP contribution is 2.42. The third-order valence-corrected chi connectivity index (χ3v) is 6.63. The summed E-state index contributed by atoms with van der Waals surface area (Å²) in [7, 11) is 3.29. The minimum absolute atomic E-state index is 0.0580. The van der Waals surface area contributed by atoms with Crippen molar-refractivity contribution in [1.82, 2.24) is 4.90 Å². The van der Waals surface area contributed by atoms with Gasteiger partial charge < -0.3 is 9.47 Å². The van der Waals surface area contributed by atoms with E-state index in [0.29, 0.717) is 17.9 Å². The van der Waals surface area contributed by atoms with Crippen LogP contribution >= 0.6 is 0 Å². The Morgan fingerprint density at radius 3 is 2.26 bits per heavy atom. The van der Waals surface area contributed by atoms with Gasteiger partial charge in [0.05, 0.1) is 25.2 Å². The average Bonchev–Trinajstić information content (AvgIpc) is 2.82. The van der Waals surface area contributed by atoms with Gasteiger partial charge in [0.1, 0.15) is 0 Å². The van der Waals surface area contributed by atoms with Gasteiger partial charge in [0.2, 0.25) is 0 Å². The maximum absolute atomic E-state index is 11.7. The van der Waals surface area contributed by atoms with Gasteiger partial charge in [-0.3, -0.25) is 15.0 Å². The lowest BCUT2D eigenvalue weighted by molar-refractivity contribution is -0.385. The van der Waals surface area contributed by atoms with Crippen molar-refractivity contribution < 1.29 is 14.4 Å². The summed E-state index contributed by atoms with van der Waals surface area (Å²) in [4.78, 5) is 13.7. The SMILES string of the molecule is COc1cc2c(cc1OC)C(c1ccc(C(C)(C)C)cc1)N(Cc1ccccc1[N+](=O)[O-])CC2. The molecule has 0 spiro atoms. The van der Waals surface area contributed by atoms with Gasteiger partial charge in [-0.2, -0.15) is 0 Å². The predicted molar refractivity (Wildman–Crippen MR) is 134 cm³/mol. The van der Waals surface area contributed by atoms with Crippen LogP contribution in [0.25, 0.3) is 0 Å². The number of rotatable bonds is 6. The maximum Gasteiger partial charge on any atom is 0.273 e. The van der Waals surface area contributed by atoms with Gasteiger partial charge in [0.25, 0.3) is 5.69 Å². The molecule has 0 radical (unpaired) electrons. The van der Waals surface area contributed by atoms with Crippen LogP contribution in [0.15, 0.2) is 60.7 Å². The first-order chi connectivity index (χ1) is 16.2. The number of nitro benzene ring substituents is 1. The summed E-state index contributed by atoms with van der Waals surface area (Å²) in [5, 5.41) is 11.7. The summed E-state index contributed by atoms with van der Waals surface area (Å²) in [6, 6.07) is 19.8. The highest BCUT2D eigenvalue weighted by molar-refractivity contribution is 5.52.